The van der Waals surface area contributed by atoms with E-state index in [1.807, 2.05) is 74.5 Å². The summed E-state index contributed by atoms with van der Waals surface area (Å²) in [7, 11) is 0. The molecule has 0 aliphatic rings. The number of ether oxygens (including phenoxy) is 1. The zero-order chi connectivity index (χ0) is 21.3. The van der Waals surface area contributed by atoms with E-state index in [4.69, 9.17) is 4.74 Å². The topological polar surface area (TPSA) is 67.4 Å². The highest BCUT2D eigenvalue weighted by Crippen LogP contribution is 2.22. The molecule has 3 aromatic carbocycles. The number of anilines is 1. The van der Waals surface area contributed by atoms with Gasteiger partial charge in [0.25, 0.3) is 5.91 Å². The Labute approximate surface area is 177 Å². The van der Waals surface area contributed by atoms with Crippen molar-refractivity contribution in [3.8, 4) is 16.9 Å². The second kappa shape index (κ2) is 10.3. The molecule has 2 amide bonds. The number of hydrogen-bond donors (Lipinski definition) is 2. The summed E-state index contributed by atoms with van der Waals surface area (Å²) in [6.45, 7) is 4.50. The zero-order valence-electron chi connectivity index (χ0n) is 17.3. The molecule has 0 atom stereocenters. The first kappa shape index (κ1) is 21.1. The molecule has 0 saturated carbocycles. The lowest BCUT2D eigenvalue weighted by atomic mass is 10.0. The molecule has 2 N–H and O–H groups in total. The number of hydrogen-bond acceptors (Lipinski definition) is 3. The van der Waals surface area contributed by atoms with Gasteiger partial charge >= 0.3 is 0 Å². The van der Waals surface area contributed by atoms with Crippen molar-refractivity contribution >= 4 is 17.5 Å². The van der Waals surface area contributed by atoms with Gasteiger partial charge in [-0.15, -0.1) is 0 Å². The molecule has 0 unspecified atom stereocenters. The molecule has 0 saturated heterocycles. The van der Waals surface area contributed by atoms with E-state index in [1.165, 1.54) is 0 Å². The van der Waals surface area contributed by atoms with Crippen molar-refractivity contribution in [2.24, 2.45) is 0 Å². The molecule has 5 nitrogen and oxygen atoms in total. The van der Waals surface area contributed by atoms with Crippen LogP contribution in [-0.2, 0) is 4.79 Å². The lowest BCUT2D eigenvalue weighted by Crippen LogP contribution is -2.32. The van der Waals surface area contributed by atoms with E-state index in [1.54, 1.807) is 12.1 Å². The van der Waals surface area contributed by atoms with Crippen LogP contribution in [0.3, 0.4) is 0 Å². The summed E-state index contributed by atoms with van der Waals surface area (Å²) >= 11 is 0. The van der Waals surface area contributed by atoms with E-state index in [0.29, 0.717) is 17.9 Å². The maximum absolute atomic E-state index is 12.4. The van der Waals surface area contributed by atoms with Crippen molar-refractivity contribution in [2.75, 3.05) is 18.5 Å². The Morgan fingerprint density at radius 3 is 2.27 bits per heavy atom. The van der Waals surface area contributed by atoms with E-state index in [-0.39, 0.29) is 18.4 Å². The van der Waals surface area contributed by atoms with E-state index < -0.39 is 0 Å². The Morgan fingerprint density at radius 2 is 1.60 bits per heavy atom. The minimum atomic E-state index is -0.287. The normalized spacial score (nSPS) is 10.3. The van der Waals surface area contributed by atoms with Crippen LogP contribution in [0.2, 0.25) is 0 Å². The van der Waals surface area contributed by atoms with Gasteiger partial charge in [0.2, 0.25) is 5.91 Å². The highest BCUT2D eigenvalue weighted by Gasteiger charge is 2.10. The Kier molecular flexibility index (Phi) is 7.22. The van der Waals surface area contributed by atoms with E-state index in [9.17, 15) is 9.59 Å². The van der Waals surface area contributed by atoms with Crippen LogP contribution in [0, 0.1) is 6.92 Å². The van der Waals surface area contributed by atoms with Gasteiger partial charge in [0.15, 0.2) is 0 Å². The van der Waals surface area contributed by atoms with Crippen molar-refractivity contribution in [2.45, 2.75) is 20.3 Å². The molecular formula is C25H26N2O3. The monoisotopic (exact) mass is 402 g/mol. The zero-order valence-corrected chi connectivity index (χ0v) is 17.3. The Hall–Kier alpha value is -3.60. The fraction of sp³-hybridized carbons (Fsp3) is 0.200. The van der Waals surface area contributed by atoms with Crippen molar-refractivity contribution < 1.29 is 14.3 Å². The Balaban J connectivity index is 1.52. The van der Waals surface area contributed by atoms with Gasteiger partial charge in [0.1, 0.15) is 5.75 Å². The molecule has 0 aliphatic heterocycles. The molecule has 0 radical (unpaired) electrons. The van der Waals surface area contributed by atoms with Crippen molar-refractivity contribution in [3.05, 3.63) is 83.9 Å². The SMILES string of the molecule is CCCOc1ccc(NC(=O)CNC(=O)c2ccc(-c3ccccc3)cc2)c(C)c1. The summed E-state index contributed by atoms with van der Waals surface area (Å²) in [6.07, 6.45) is 0.937. The highest BCUT2D eigenvalue weighted by atomic mass is 16.5. The van der Waals surface area contributed by atoms with Gasteiger partial charge < -0.3 is 15.4 Å². The van der Waals surface area contributed by atoms with Crippen LogP contribution in [0.25, 0.3) is 11.1 Å². The molecule has 3 rings (SSSR count). The van der Waals surface area contributed by atoms with Crippen LogP contribution >= 0.6 is 0 Å². The van der Waals surface area contributed by atoms with Gasteiger partial charge in [0, 0.05) is 11.3 Å². The van der Waals surface area contributed by atoms with E-state index in [2.05, 4.69) is 10.6 Å². The molecule has 30 heavy (non-hydrogen) atoms. The molecule has 3 aromatic rings. The van der Waals surface area contributed by atoms with Gasteiger partial charge in [-0.3, -0.25) is 9.59 Å². The standard InChI is InChI=1S/C25H26N2O3/c1-3-15-30-22-13-14-23(18(2)16-22)27-24(28)17-26-25(29)21-11-9-20(10-12-21)19-7-5-4-6-8-19/h4-14,16H,3,15,17H2,1-2H3,(H,26,29)(H,27,28). The number of benzene rings is 3. The quantitative estimate of drug-likeness (QED) is 0.568. The number of amides is 2. The molecule has 0 fully saturated rings. The van der Waals surface area contributed by atoms with E-state index >= 15 is 0 Å². The second-order valence-electron chi connectivity index (χ2n) is 7.00. The summed E-state index contributed by atoms with van der Waals surface area (Å²) < 4.78 is 5.59. The first-order valence-corrected chi connectivity index (χ1v) is 10.0. The van der Waals surface area contributed by atoms with Gasteiger partial charge in [-0.2, -0.15) is 0 Å². The van der Waals surface area contributed by atoms with Crippen molar-refractivity contribution in [1.82, 2.24) is 5.32 Å². The molecule has 0 aromatic heterocycles. The fourth-order valence-electron chi connectivity index (χ4n) is 2.99. The summed E-state index contributed by atoms with van der Waals surface area (Å²) in [4.78, 5) is 24.6. The third kappa shape index (κ3) is 5.70. The molecule has 0 aliphatic carbocycles. The fourth-order valence-corrected chi connectivity index (χ4v) is 2.99. The van der Waals surface area contributed by atoms with Gasteiger partial charge in [0.05, 0.1) is 13.2 Å². The number of carbonyl (C=O) groups is 2. The summed E-state index contributed by atoms with van der Waals surface area (Å²) in [5.41, 5.74) is 4.23. The van der Waals surface area contributed by atoms with E-state index in [0.717, 1.165) is 28.9 Å². The molecule has 5 heteroatoms. The Bertz CT molecular complexity index is 999. The number of rotatable bonds is 8. The first-order valence-electron chi connectivity index (χ1n) is 10.0. The molecule has 0 heterocycles. The van der Waals surface area contributed by atoms with Crippen LogP contribution in [0.5, 0.6) is 5.75 Å². The number of carbonyl (C=O) groups excluding carboxylic acids is 2. The maximum Gasteiger partial charge on any atom is 0.251 e. The largest absolute Gasteiger partial charge is 0.494 e. The number of aryl methyl sites for hydroxylation is 1. The second-order valence-corrected chi connectivity index (χ2v) is 7.00. The molecule has 0 spiro atoms. The van der Waals surface area contributed by atoms with Crippen molar-refractivity contribution in [3.63, 3.8) is 0 Å². The lowest BCUT2D eigenvalue weighted by molar-refractivity contribution is -0.115. The summed E-state index contributed by atoms with van der Waals surface area (Å²) in [5, 5.41) is 5.48. The van der Waals surface area contributed by atoms with Crippen LogP contribution in [0.1, 0.15) is 29.3 Å². The number of nitrogens with one attached hydrogen (secondary N) is 2. The molecule has 0 bridgehead atoms. The summed E-state index contributed by atoms with van der Waals surface area (Å²) in [6, 6.07) is 22.8. The molecule has 154 valence electrons. The first-order chi connectivity index (χ1) is 14.6. The predicted octanol–water partition coefficient (Wildman–Crippen LogP) is 4.82. The maximum atomic E-state index is 12.4. The van der Waals surface area contributed by atoms with Crippen LogP contribution in [-0.4, -0.2) is 25.0 Å². The minimum absolute atomic E-state index is 0.104. The third-order valence-electron chi connectivity index (χ3n) is 4.61. The Morgan fingerprint density at radius 1 is 0.900 bits per heavy atom. The highest BCUT2D eigenvalue weighted by molar-refractivity contribution is 5.99. The van der Waals surface area contributed by atoms with Gasteiger partial charge in [-0.05, 0) is 60.4 Å². The van der Waals surface area contributed by atoms with Crippen molar-refractivity contribution in [1.29, 1.82) is 0 Å². The smallest absolute Gasteiger partial charge is 0.251 e. The summed E-state index contributed by atoms with van der Waals surface area (Å²) in [5.74, 6) is 0.207. The lowest BCUT2D eigenvalue weighted by Gasteiger charge is -2.12. The predicted molar refractivity (Wildman–Crippen MR) is 120 cm³/mol. The third-order valence-corrected chi connectivity index (χ3v) is 4.61. The minimum Gasteiger partial charge on any atom is -0.494 e. The average Bonchev–Trinajstić information content (AvgIpc) is 2.78. The van der Waals surface area contributed by atoms with Crippen LogP contribution in [0.4, 0.5) is 5.69 Å². The van der Waals surface area contributed by atoms with Crippen LogP contribution in [0.15, 0.2) is 72.8 Å². The van der Waals surface area contributed by atoms with Crippen LogP contribution < -0.4 is 15.4 Å². The van der Waals surface area contributed by atoms with Gasteiger partial charge in [-0.25, -0.2) is 0 Å². The van der Waals surface area contributed by atoms with Gasteiger partial charge in [-0.1, -0.05) is 49.4 Å². The molecular weight excluding hydrogens is 376 g/mol. The average molecular weight is 402 g/mol.